The molecule has 3 rings (SSSR count). The average molecular weight is 588 g/mol. The molecule has 0 spiro atoms. The molecule has 0 aliphatic heterocycles. The van der Waals surface area contributed by atoms with Crippen molar-refractivity contribution < 1.29 is 68.1 Å². The van der Waals surface area contributed by atoms with E-state index in [0.29, 0.717) is 17.7 Å². The number of aromatic nitrogens is 1. The first kappa shape index (κ1) is 30.8. The Morgan fingerprint density at radius 2 is 1.23 bits per heavy atom. The van der Waals surface area contributed by atoms with Crippen LogP contribution in [0.5, 0.6) is 11.5 Å². The summed E-state index contributed by atoms with van der Waals surface area (Å²) in [6, 6.07) is 8.89. The number of ether oxygens (including phenoxy) is 2. The van der Waals surface area contributed by atoms with Crippen LogP contribution in [0.2, 0.25) is 0 Å². The summed E-state index contributed by atoms with van der Waals surface area (Å²) in [7, 11) is 1.38. The zero-order valence-corrected chi connectivity index (χ0v) is 20.2. The molecule has 5 nitrogen and oxygen atoms in total. The summed E-state index contributed by atoms with van der Waals surface area (Å²) in [4.78, 5) is 4.99. The molecule has 40 heavy (non-hydrogen) atoms. The van der Waals surface area contributed by atoms with Gasteiger partial charge in [-0.1, -0.05) is 30.3 Å². The van der Waals surface area contributed by atoms with Gasteiger partial charge in [-0.05, 0) is 35.2 Å². The van der Waals surface area contributed by atoms with Gasteiger partial charge in [-0.2, -0.15) is 43.9 Å². The highest BCUT2D eigenvalue weighted by atomic mass is 19.4. The van der Waals surface area contributed by atoms with Crippen molar-refractivity contribution in [2.45, 2.75) is 43.5 Å². The minimum absolute atomic E-state index is 0.00980. The van der Waals surface area contributed by atoms with Crippen molar-refractivity contribution >= 4 is 0 Å². The lowest BCUT2D eigenvalue weighted by Crippen LogP contribution is -2.53. The maximum Gasteiger partial charge on any atom is 0.430 e. The summed E-state index contributed by atoms with van der Waals surface area (Å²) in [5, 5.41) is 9.68. The Labute approximate surface area is 220 Å². The van der Waals surface area contributed by atoms with Crippen LogP contribution in [0.15, 0.2) is 67.0 Å². The van der Waals surface area contributed by atoms with Crippen molar-refractivity contribution in [1.29, 1.82) is 0 Å². The Balaban J connectivity index is 2.12. The molecule has 0 aliphatic rings. The molecule has 0 fully saturated rings. The summed E-state index contributed by atoms with van der Waals surface area (Å²) in [6.45, 7) is -6.82. The number of hydrogen-bond acceptors (Lipinski definition) is 4. The highest BCUT2D eigenvalue weighted by Gasteiger charge is 2.71. The van der Waals surface area contributed by atoms with Crippen LogP contribution in [0.3, 0.4) is 0 Å². The monoisotopic (exact) mass is 588 g/mol. The smallest absolute Gasteiger partial charge is 0.430 e. The lowest BCUT2D eigenvalue weighted by molar-refractivity contribution is -0.885. The van der Waals surface area contributed by atoms with Gasteiger partial charge in [-0.15, -0.1) is 0 Å². The summed E-state index contributed by atoms with van der Waals surface area (Å²) >= 11 is 0. The van der Waals surface area contributed by atoms with Crippen LogP contribution in [-0.2, 0) is 12.0 Å². The van der Waals surface area contributed by atoms with E-state index in [1.807, 2.05) is 0 Å². The third-order valence-corrected chi connectivity index (χ3v) is 5.88. The van der Waals surface area contributed by atoms with Gasteiger partial charge in [-0.3, -0.25) is 4.84 Å². The van der Waals surface area contributed by atoms with E-state index < -0.39 is 54.2 Å². The van der Waals surface area contributed by atoms with Crippen LogP contribution >= 0.6 is 0 Å². The van der Waals surface area contributed by atoms with Crippen LogP contribution in [0.1, 0.15) is 28.2 Å². The summed E-state index contributed by atoms with van der Waals surface area (Å²) in [5.74, 6) is -2.43. The molecule has 0 saturated heterocycles. The third kappa shape index (κ3) is 6.69. The quantitative estimate of drug-likeness (QED) is 0.236. The molecule has 0 radical (unpaired) electrons. The van der Waals surface area contributed by atoms with E-state index in [0.717, 1.165) is 24.3 Å². The number of pyridine rings is 1. The van der Waals surface area contributed by atoms with E-state index in [1.165, 1.54) is 30.3 Å². The van der Waals surface area contributed by atoms with Gasteiger partial charge in [0, 0.05) is 28.3 Å². The van der Waals surface area contributed by atoms with Crippen LogP contribution < -0.4 is 19.0 Å². The van der Waals surface area contributed by atoms with E-state index in [2.05, 4.69) is 9.47 Å². The predicted molar refractivity (Wildman–Crippen MR) is 117 cm³/mol. The van der Waals surface area contributed by atoms with Crippen molar-refractivity contribution in [2.75, 3.05) is 7.11 Å². The molecule has 0 saturated carbocycles. The molecule has 2 aromatic carbocycles. The maximum atomic E-state index is 13.3. The van der Waals surface area contributed by atoms with E-state index in [4.69, 9.17) is 4.84 Å². The second kappa shape index (κ2) is 11.8. The standard InChI is InChI=1S/C25H20F10NO4/c1-38-36-10-8-14(9-11-36)12-18(16-4-7-19(39-21(26)27)20(13-16)40-22(28)29)15-2-5-17(6-3-15)23(37,24(30,31)32)25(33,34)35/h2-11,13,18,21-22,37H,12H2,1H3/q+1. The van der Waals surface area contributed by atoms with Gasteiger partial charge >= 0.3 is 25.6 Å². The second-order valence-corrected chi connectivity index (χ2v) is 8.30. The Morgan fingerprint density at radius 3 is 1.70 bits per heavy atom. The van der Waals surface area contributed by atoms with Crippen molar-refractivity contribution in [3.8, 4) is 11.5 Å². The van der Waals surface area contributed by atoms with Crippen LogP contribution in [-0.4, -0.2) is 37.8 Å². The normalized spacial score (nSPS) is 13.4. The van der Waals surface area contributed by atoms with Crippen LogP contribution in [0.25, 0.3) is 0 Å². The molecule has 1 atom stereocenters. The van der Waals surface area contributed by atoms with Crippen molar-refractivity contribution in [3.05, 3.63) is 89.2 Å². The molecule has 1 unspecified atom stereocenters. The van der Waals surface area contributed by atoms with Gasteiger partial charge in [0.1, 0.15) is 7.11 Å². The molecule has 1 heterocycles. The highest BCUT2D eigenvalue weighted by Crippen LogP contribution is 2.50. The molecule has 1 aromatic heterocycles. The largest absolute Gasteiger partial charge is 0.431 e. The second-order valence-electron chi connectivity index (χ2n) is 8.30. The van der Waals surface area contributed by atoms with E-state index >= 15 is 0 Å². The SMILES string of the molecule is CO[n+]1ccc(CC(c2ccc(C(O)(C(F)(F)F)C(F)(F)F)cc2)c2ccc(OC(F)F)c(OC(F)F)c2)cc1. The number of halogens is 10. The Hall–Kier alpha value is -3.75. The first-order valence-electron chi connectivity index (χ1n) is 11.1. The van der Waals surface area contributed by atoms with Gasteiger partial charge in [0.05, 0.1) is 0 Å². The van der Waals surface area contributed by atoms with E-state index in [9.17, 15) is 49.0 Å². The van der Waals surface area contributed by atoms with Gasteiger partial charge in [-0.25, -0.2) is 0 Å². The van der Waals surface area contributed by atoms with Gasteiger partial charge in [0.25, 0.3) is 5.60 Å². The zero-order chi connectivity index (χ0) is 29.9. The van der Waals surface area contributed by atoms with Crippen molar-refractivity contribution in [1.82, 2.24) is 0 Å². The molecular formula is C25H20F10NO4+. The van der Waals surface area contributed by atoms with Crippen LogP contribution in [0, 0.1) is 0 Å². The lowest BCUT2D eigenvalue weighted by atomic mass is 9.84. The van der Waals surface area contributed by atoms with Gasteiger partial charge < -0.3 is 14.6 Å². The number of hydrogen-bond donors (Lipinski definition) is 1. The van der Waals surface area contributed by atoms with E-state index in [-0.39, 0.29) is 17.5 Å². The van der Waals surface area contributed by atoms with Gasteiger partial charge in [0.2, 0.25) is 12.4 Å². The minimum Gasteiger partial charge on any atom is -0.431 e. The zero-order valence-electron chi connectivity index (χ0n) is 20.2. The topological polar surface area (TPSA) is 51.8 Å². The Morgan fingerprint density at radius 1 is 0.725 bits per heavy atom. The third-order valence-electron chi connectivity index (χ3n) is 5.88. The number of aliphatic hydroxyl groups is 1. The lowest BCUT2D eigenvalue weighted by Gasteiger charge is -2.33. The average Bonchev–Trinajstić information content (AvgIpc) is 2.86. The molecule has 218 valence electrons. The van der Waals surface area contributed by atoms with E-state index in [1.54, 1.807) is 12.1 Å². The number of rotatable bonds is 10. The molecule has 0 amide bonds. The first-order chi connectivity index (χ1) is 18.6. The molecule has 0 bridgehead atoms. The fourth-order valence-electron chi connectivity index (χ4n) is 3.93. The maximum absolute atomic E-state index is 13.3. The van der Waals surface area contributed by atoms with Crippen molar-refractivity contribution in [2.24, 2.45) is 0 Å². The summed E-state index contributed by atoms with van der Waals surface area (Å²) < 4.78 is 141. The van der Waals surface area contributed by atoms with Crippen LogP contribution in [0.4, 0.5) is 43.9 Å². The fraction of sp³-hybridized carbons (Fsp3) is 0.320. The summed E-state index contributed by atoms with van der Waals surface area (Å²) in [6.07, 6.45) is -9.21. The molecule has 0 aliphatic carbocycles. The van der Waals surface area contributed by atoms with Crippen molar-refractivity contribution in [3.63, 3.8) is 0 Å². The van der Waals surface area contributed by atoms with Gasteiger partial charge in [0.15, 0.2) is 11.5 Å². The Kier molecular flexibility index (Phi) is 9.07. The molecule has 3 aromatic rings. The molecule has 1 N–H and O–H groups in total. The minimum atomic E-state index is -6.10. The fourth-order valence-corrected chi connectivity index (χ4v) is 3.93. The predicted octanol–water partition coefficient (Wildman–Crippen LogP) is 5.92. The number of benzene rings is 2. The first-order valence-corrected chi connectivity index (χ1v) is 11.1. The molecule has 15 heteroatoms. The number of nitrogens with zero attached hydrogens (tertiary/aromatic N) is 1. The highest BCUT2D eigenvalue weighted by molar-refractivity contribution is 5.47. The Bertz CT molecular complexity index is 1250. The summed E-state index contributed by atoms with van der Waals surface area (Å²) in [5.41, 5.74) is -5.87. The number of alkyl halides is 10. The molecular weight excluding hydrogens is 568 g/mol.